The quantitative estimate of drug-likeness (QED) is 0.874. The zero-order chi connectivity index (χ0) is 20.6. The van der Waals surface area contributed by atoms with Crippen LogP contribution in [0, 0.1) is 19.7 Å². The Balaban J connectivity index is 1.92. The standard InChI is InChI=1S/C20H25FN4O3/c1-11(2)25-13(4)17(12(3)23-25)22-20(27)19-18(24(5)16(26)10-28-19)14-7-6-8-15(21)9-14/h6-9,11,18-19H,10H2,1-5H3,(H,22,27)/t18-,19+/m0/s1. The molecule has 0 saturated carbocycles. The molecule has 1 saturated heterocycles. The SMILES string of the molecule is Cc1nn(C(C)C)c(C)c1NC(=O)[C@@H]1OCC(=O)N(C)[C@H]1c1cccc(F)c1. The normalized spacial score (nSPS) is 20.0. The minimum absolute atomic E-state index is 0.152. The van der Waals surface area contributed by atoms with Crippen molar-refractivity contribution in [3.05, 3.63) is 47.0 Å². The molecule has 2 aromatic rings. The number of likely N-dealkylation sites (N-methyl/N-ethyl adjacent to an activating group) is 1. The summed E-state index contributed by atoms with van der Waals surface area (Å²) in [7, 11) is 1.59. The highest BCUT2D eigenvalue weighted by Crippen LogP contribution is 2.31. The number of ether oxygens (including phenoxy) is 1. The number of halogens is 1. The third-order valence-electron chi connectivity index (χ3n) is 4.99. The summed E-state index contributed by atoms with van der Waals surface area (Å²) in [4.78, 5) is 26.6. The Hall–Kier alpha value is -2.74. The second-order valence-corrected chi connectivity index (χ2v) is 7.31. The van der Waals surface area contributed by atoms with E-state index in [0.717, 1.165) is 5.69 Å². The molecule has 28 heavy (non-hydrogen) atoms. The fourth-order valence-corrected chi connectivity index (χ4v) is 3.56. The van der Waals surface area contributed by atoms with E-state index in [1.54, 1.807) is 19.2 Å². The van der Waals surface area contributed by atoms with Crippen LogP contribution in [0.1, 0.15) is 42.9 Å². The second kappa shape index (κ2) is 7.71. The van der Waals surface area contributed by atoms with Crippen LogP contribution in [0.5, 0.6) is 0 Å². The predicted molar refractivity (Wildman–Crippen MR) is 102 cm³/mol. The smallest absolute Gasteiger partial charge is 0.256 e. The van der Waals surface area contributed by atoms with Crippen LogP contribution in [-0.4, -0.2) is 46.3 Å². The van der Waals surface area contributed by atoms with E-state index in [1.807, 2.05) is 32.4 Å². The van der Waals surface area contributed by atoms with Gasteiger partial charge in [-0.1, -0.05) is 12.1 Å². The molecule has 8 heteroatoms. The Morgan fingerprint density at radius 2 is 2.07 bits per heavy atom. The fourth-order valence-electron chi connectivity index (χ4n) is 3.56. The van der Waals surface area contributed by atoms with Gasteiger partial charge >= 0.3 is 0 Å². The van der Waals surface area contributed by atoms with Gasteiger partial charge in [0, 0.05) is 13.1 Å². The molecule has 0 radical (unpaired) electrons. The van der Waals surface area contributed by atoms with E-state index in [0.29, 0.717) is 16.9 Å². The van der Waals surface area contributed by atoms with E-state index in [-0.39, 0.29) is 18.6 Å². The lowest BCUT2D eigenvalue weighted by Crippen LogP contribution is -2.51. The highest BCUT2D eigenvalue weighted by atomic mass is 19.1. The Morgan fingerprint density at radius 3 is 2.68 bits per heavy atom. The molecule has 0 spiro atoms. The average molecular weight is 388 g/mol. The van der Waals surface area contributed by atoms with Crippen LogP contribution in [0.25, 0.3) is 0 Å². The number of aromatic nitrogens is 2. The summed E-state index contributed by atoms with van der Waals surface area (Å²) in [6.07, 6.45) is -0.967. The molecule has 0 unspecified atom stereocenters. The molecule has 3 rings (SSSR count). The van der Waals surface area contributed by atoms with Crippen molar-refractivity contribution in [3.8, 4) is 0 Å². The number of carbonyl (C=O) groups is 2. The first-order valence-corrected chi connectivity index (χ1v) is 9.20. The molecular formula is C20H25FN4O3. The number of nitrogens with zero attached hydrogens (tertiary/aromatic N) is 3. The number of amides is 2. The van der Waals surface area contributed by atoms with Gasteiger partial charge in [0.2, 0.25) is 5.91 Å². The molecular weight excluding hydrogens is 363 g/mol. The van der Waals surface area contributed by atoms with E-state index >= 15 is 0 Å². The lowest BCUT2D eigenvalue weighted by molar-refractivity contribution is -0.160. The number of anilines is 1. The summed E-state index contributed by atoms with van der Waals surface area (Å²) in [6.45, 7) is 7.52. The maximum absolute atomic E-state index is 13.7. The maximum Gasteiger partial charge on any atom is 0.256 e. The number of hydrogen-bond donors (Lipinski definition) is 1. The van der Waals surface area contributed by atoms with Gasteiger partial charge < -0.3 is 15.0 Å². The first kappa shape index (κ1) is 20.0. The Kier molecular flexibility index (Phi) is 5.51. The molecule has 1 aliphatic heterocycles. The van der Waals surface area contributed by atoms with Gasteiger partial charge in [0.15, 0.2) is 6.10 Å². The van der Waals surface area contributed by atoms with E-state index in [2.05, 4.69) is 10.4 Å². The van der Waals surface area contributed by atoms with Gasteiger partial charge in [-0.15, -0.1) is 0 Å². The van der Waals surface area contributed by atoms with Crippen molar-refractivity contribution in [1.82, 2.24) is 14.7 Å². The lowest BCUT2D eigenvalue weighted by Gasteiger charge is -2.38. The summed E-state index contributed by atoms with van der Waals surface area (Å²) >= 11 is 0. The predicted octanol–water partition coefficient (Wildman–Crippen LogP) is 2.76. The zero-order valence-corrected chi connectivity index (χ0v) is 16.7. The third-order valence-corrected chi connectivity index (χ3v) is 4.99. The Bertz CT molecular complexity index is 909. The van der Waals surface area contributed by atoms with E-state index < -0.39 is 23.9 Å². The van der Waals surface area contributed by atoms with Crippen molar-refractivity contribution in [1.29, 1.82) is 0 Å². The van der Waals surface area contributed by atoms with Crippen LogP contribution in [-0.2, 0) is 14.3 Å². The highest BCUT2D eigenvalue weighted by Gasteiger charge is 2.40. The first-order valence-electron chi connectivity index (χ1n) is 9.20. The van der Waals surface area contributed by atoms with Crippen LogP contribution in [0.4, 0.5) is 10.1 Å². The zero-order valence-electron chi connectivity index (χ0n) is 16.7. The fraction of sp³-hybridized carbons (Fsp3) is 0.450. The Morgan fingerprint density at radius 1 is 1.36 bits per heavy atom. The van der Waals surface area contributed by atoms with Gasteiger partial charge in [0.05, 0.1) is 23.1 Å². The van der Waals surface area contributed by atoms with Gasteiger partial charge in [-0.25, -0.2) is 4.39 Å². The van der Waals surface area contributed by atoms with Gasteiger partial charge in [-0.05, 0) is 45.4 Å². The molecule has 0 aliphatic carbocycles. The van der Waals surface area contributed by atoms with Gasteiger partial charge in [0.1, 0.15) is 12.4 Å². The van der Waals surface area contributed by atoms with Gasteiger partial charge in [0.25, 0.3) is 5.91 Å². The number of benzene rings is 1. The third kappa shape index (κ3) is 3.64. The van der Waals surface area contributed by atoms with Crippen LogP contribution in [0.3, 0.4) is 0 Å². The molecule has 0 bridgehead atoms. The topological polar surface area (TPSA) is 76.5 Å². The van der Waals surface area contributed by atoms with Crippen molar-refractivity contribution in [2.45, 2.75) is 45.9 Å². The molecule has 2 heterocycles. The van der Waals surface area contributed by atoms with E-state index in [1.165, 1.54) is 17.0 Å². The van der Waals surface area contributed by atoms with E-state index in [9.17, 15) is 14.0 Å². The van der Waals surface area contributed by atoms with Crippen LogP contribution in [0.2, 0.25) is 0 Å². The number of carbonyl (C=O) groups excluding carboxylic acids is 2. The number of nitrogens with one attached hydrogen (secondary N) is 1. The summed E-state index contributed by atoms with van der Waals surface area (Å²) in [5, 5.41) is 7.36. The molecule has 1 fully saturated rings. The minimum atomic E-state index is -0.967. The van der Waals surface area contributed by atoms with Crippen molar-refractivity contribution in [2.24, 2.45) is 0 Å². The largest absolute Gasteiger partial charge is 0.356 e. The van der Waals surface area contributed by atoms with Crippen molar-refractivity contribution in [3.63, 3.8) is 0 Å². The molecule has 150 valence electrons. The highest BCUT2D eigenvalue weighted by molar-refractivity contribution is 5.97. The Labute approximate surface area is 163 Å². The van der Waals surface area contributed by atoms with Gasteiger partial charge in [-0.2, -0.15) is 5.10 Å². The summed E-state index contributed by atoms with van der Waals surface area (Å²) < 4.78 is 21.2. The molecule has 2 atom stereocenters. The molecule has 7 nitrogen and oxygen atoms in total. The van der Waals surface area contributed by atoms with Crippen LogP contribution < -0.4 is 5.32 Å². The molecule has 1 N–H and O–H groups in total. The second-order valence-electron chi connectivity index (χ2n) is 7.31. The average Bonchev–Trinajstić information content (AvgIpc) is 2.92. The molecule has 1 aromatic carbocycles. The lowest BCUT2D eigenvalue weighted by atomic mass is 9.97. The summed E-state index contributed by atoms with van der Waals surface area (Å²) in [5.74, 6) is -1.10. The molecule has 1 aromatic heterocycles. The number of hydrogen-bond acceptors (Lipinski definition) is 4. The summed E-state index contributed by atoms with van der Waals surface area (Å²) in [6, 6.07) is 5.29. The van der Waals surface area contributed by atoms with Crippen LogP contribution in [0.15, 0.2) is 24.3 Å². The van der Waals surface area contributed by atoms with Crippen molar-refractivity contribution >= 4 is 17.5 Å². The number of rotatable bonds is 4. The monoisotopic (exact) mass is 388 g/mol. The van der Waals surface area contributed by atoms with Crippen molar-refractivity contribution < 1.29 is 18.7 Å². The van der Waals surface area contributed by atoms with Crippen LogP contribution >= 0.6 is 0 Å². The number of aryl methyl sites for hydroxylation is 1. The molecule has 2 amide bonds. The first-order chi connectivity index (χ1) is 13.2. The summed E-state index contributed by atoms with van der Waals surface area (Å²) in [5.41, 5.74) is 2.66. The maximum atomic E-state index is 13.7. The van der Waals surface area contributed by atoms with Gasteiger partial charge in [-0.3, -0.25) is 14.3 Å². The minimum Gasteiger partial charge on any atom is -0.356 e. The van der Waals surface area contributed by atoms with E-state index in [4.69, 9.17) is 4.74 Å². The number of morpholine rings is 1. The van der Waals surface area contributed by atoms with Crippen molar-refractivity contribution in [2.75, 3.05) is 19.0 Å². The molecule has 1 aliphatic rings.